The Morgan fingerprint density at radius 2 is 1.83 bits per heavy atom. The number of nitriles is 1. The monoisotopic (exact) mass is 493 g/mol. The van der Waals surface area contributed by atoms with Gasteiger partial charge < -0.3 is 15.8 Å². The normalized spacial score (nSPS) is 10.9. The molecule has 0 fully saturated rings. The van der Waals surface area contributed by atoms with Crippen LogP contribution in [0.15, 0.2) is 48.7 Å². The van der Waals surface area contributed by atoms with Gasteiger partial charge in [-0.1, -0.05) is 18.2 Å². The Kier molecular flexibility index (Phi) is 7.84. The zero-order valence-corrected chi connectivity index (χ0v) is 20.0. The first-order chi connectivity index (χ1) is 17.0. The number of aromatic nitrogens is 1. The highest BCUT2D eigenvalue weighted by Crippen LogP contribution is 2.34. The van der Waals surface area contributed by atoms with E-state index >= 15 is 4.39 Å². The second-order valence-corrected chi connectivity index (χ2v) is 8.85. The molecule has 4 N–H and O–H groups in total. The quantitative estimate of drug-likeness (QED) is 0.445. The van der Waals surface area contributed by atoms with Crippen molar-refractivity contribution >= 4 is 17.8 Å². The number of ether oxygens (including phenoxy) is 1. The number of amides is 3. The fraction of sp³-hybridized carbons (Fsp3) is 0.231. The number of primary amides is 1. The van der Waals surface area contributed by atoms with Crippen LogP contribution in [0.2, 0.25) is 0 Å². The van der Waals surface area contributed by atoms with E-state index in [1.807, 2.05) is 6.07 Å². The number of carbonyl (C=O) groups excluding carboxylic acids is 2. The van der Waals surface area contributed by atoms with Gasteiger partial charge in [-0.25, -0.2) is 18.4 Å². The number of nitrogens with two attached hydrogens (primary N) is 1. The van der Waals surface area contributed by atoms with Gasteiger partial charge in [-0.2, -0.15) is 5.26 Å². The van der Waals surface area contributed by atoms with Crippen molar-refractivity contribution in [3.8, 4) is 17.2 Å². The summed E-state index contributed by atoms with van der Waals surface area (Å²) in [5.74, 6) is -1.50. The summed E-state index contributed by atoms with van der Waals surface area (Å²) in [7, 11) is 0. The maximum Gasteiger partial charge on any atom is 0.412 e. The average Bonchev–Trinajstić information content (AvgIpc) is 2.80. The van der Waals surface area contributed by atoms with Crippen LogP contribution in [0.1, 0.15) is 43.2 Å². The van der Waals surface area contributed by atoms with Gasteiger partial charge in [0, 0.05) is 29.3 Å². The summed E-state index contributed by atoms with van der Waals surface area (Å²) in [5.41, 5.74) is 5.43. The highest BCUT2D eigenvalue weighted by atomic mass is 19.1. The molecule has 0 saturated carbocycles. The molecule has 3 amide bonds. The van der Waals surface area contributed by atoms with E-state index in [1.165, 1.54) is 30.5 Å². The SMILES string of the molecule is CC(C)(C)OC(=O)Nc1ccc(-c2cccnc2CNC(N)=O)c(Cc2c(F)cccc2C#N)c1F. The lowest BCUT2D eigenvalue weighted by molar-refractivity contribution is 0.0635. The minimum Gasteiger partial charge on any atom is -0.444 e. The van der Waals surface area contributed by atoms with Gasteiger partial charge in [0.15, 0.2) is 5.82 Å². The maximum atomic E-state index is 15.9. The number of halogens is 2. The Balaban J connectivity index is 2.16. The van der Waals surface area contributed by atoms with E-state index in [0.29, 0.717) is 16.8 Å². The van der Waals surface area contributed by atoms with E-state index in [4.69, 9.17) is 10.5 Å². The lowest BCUT2D eigenvalue weighted by atomic mass is 9.91. The molecule has 3 aromatic rings. The summed E-state index contributed by atoms with van der Waals surface area (Å²) in [6.07, 6.45) is 0.343. The molecule has 0 unspecified atom stereocenters. The first-order valence-electron chi connectivity index (χ1n) is 11.0. The van der Waals surface area contributed by atoms with Gasteiger partial charge in [0.1, 0.15) is 11.4 Å². The Morgan fingerprint density at radius 1 is 1.08 bits per heavy atom. The standard InChI is InChI=1S/C26H25F2N5O3/c1-26(2,3)36-25(35)33-21-10-9-16(17-7-5-11-31-22(17)14-32-24(30)34)19(23(21)28)12-18-15(13-29)6-4-8-20(18)27/h4-11H,12,14H2,1-3H3,(H,33,35)(H3,30,32,34). The van der Waals surface area contributed by atoms with E-state index in [2.05, 4.69) is 15.6 Å². The third-order valence-corrected chi connectivity index (χ3v) is 5.08. The molecular weight excluding hydrogens is 468 g/mol. The highest BCUT2D eigenvalue weighted by Gasteiger charge is 2.23. The molecule has 3 rings (SSSR count). The van der Waals surface area contributed by atoms with Crippen molar-refractivity contribution in [2.75, 3.05) is 5.32 Å². The second-order valence-electron chi connectivity index (χ2n) is 8.85. The second kappa shape index (κ2) is 10.8. The van der Waals surface area contributed by atoms with Gasteiger partial charge in [-0.15, -0.1) is 0 Å². The molecule has 0 radical (unpaired) electrons. The fourth-order valence-corrected chi connectivity index (χ4v) is 3.57. The zero-order chi connectivity index (χ0) is 26.5. The van der Waals surface area contributed by atoms with Crippen molar-refractivity contribution in [1.29, 1.82) is 5.26 Å². The van der Waals surface area contributed by atoms with Gasteiger partial charge in [0.05, 0.1) is 29.6 Å². The van der Waals surface area contributed by atoms with Crippen molar-refractivity contribution in [2.45, 2.75) is 39.3 Å². The summed E-state index contributed by atoms with van der Waals surface area (Å²) in [6.45, 7) is 4.98. The van der Waals surface area contributed by atoms with Crippen LogP contribution in [0, 0.1) is 23.0 Å². The molecule has 0 aliphatic carbocycles. The average molecular weight is 494 g/mol. The summed E-state index contributed by atoms with van der Waals surface area (Å²) in [5, 5.41) is 14.3. The molecule has 0 aliphatic heterocycles. The molecule has 0 bridgehead atoms. The van der Waals surface area contributed by atoms with Crippen LogP contribution in [0.25, 0.3) is 11.1 Å². The van der Waals surface area contributed by atoms with E-state index in [9.17, 15) is 19.2 Å². The van der Waals surface area contributed by atoms with E-state index < -0.39 is 29.4 Å². The van der Waals surface area contributed by atoms with Gasteiger partial charge in [-0.3, -0.25) is 10.3 Å². The Bertz CT molecular complexity index is 1350. The number of hydrogen-bond donors (Lipinski definition) is 3. The predicted octanol–water partition coefficient (Wildman–Crippen LogP) is 5.00. The minimum atomic E-state index is -0.864. The summed E-state index contributed by atoms with van der Waals surface area (Å²) in [4.78, 5) is 27.8. The molecule has 0 atom stereocenters. The number of hydrogen-bond acceptors (Lipinski definition) is 5. The van der Waals surface area contributed by atoms with Crippen LogP contribution >= 0.6 is 0 Å². The molecule has 10 heteroatoms. The minimum absolute atomic E-state index is 0.00438. The molecule has 0 aliphatic rings. The van der Waals surface area contributed by atoms with Crippen molar-refractivity contribution in [1.82, 2.24) is 10.3 Å². The molecule has 36 heavy (non-hydrogen) atoms. The summed E-state index contributed by atoms with van der Waals surface area (Å²) < 4.78 is 35.9. The summed E-state index contributed by atoms with van der Waals surface area (Å²) in [6, 6.07) is 11.4. The van der Waals surface area contributed by atoms with Gasteiger partial charge in [0.25, 0.3) is 0 Å². The van der Waals surface area contributed by atoms with Crippen molar-refractivity contribution in [3.05, 3.63) is 82.7 Å². The first-order valence-corrected chi connectivity index (χ1v) is 11.0. The van der Waals surface area contributed by atoms with E-state index in [0.717, 1.165) is 0 Å². The number of rotatable bonds is 6. The number of benzene rings is 2. The molecule has 1 aromatic heterocycles. The lowest BCUT2D eigenvalue weighted by Crippen LogP contribution is -2.29. The predicted molar refractivity (Wildman–Crippen MR) is 130 cm³/mol. The molecule has 2 aromatic carbocycles. The maximum absolute atomic E-state index is 15.9. The van der Waals surface area contributed by atoms with Crippen molar-refractivity contribution in [2.24, 2.45) is 5.73 Å². The molecule has 0 saturated heterocycles. The number of carbonyl (C=O) groups is 2. The molecular formula is C26H25F2N5O3. The van der Waals surface area contributed by atoms with E-state index in [-0.39, 0.29) is 35.3 Å². The van der Waals surface area contributed by atoms with Crippen LogP contribution in [0.4, 0.5) is 24.1 Å². The first kappa shape index (κ1) is 26.1. The van der Waals surface area contributed by atoms with Gasteiger partial charge >= 0.3 is 12.1 Å². The lowest BCUT2D eigenvalue weighted by Gasteiger charge is -2.21. The van der Waals surface area contributed by atoms with Gasteiger partial charge in [-0.05, 0) is 50.6 Å². The van der Waals surface area contributed by atoms with Crippen LogP contribution in [0.5, 0.6) is 0 Å². The largest absolute Gasteiger partial charge is 0.444 e. The van der Waals surface area contributed by atoms with Gasteiger partial charge in [0.2, 0.25) is 0 Å². The molecule has 0 spiro atoms. The summed E-state index contributed by atoms with van der Waals surface area (Å²) >= 11 is 0. The Hall–Kier alpha value is -4.52. The smallest absolute Gasteiger partial charge is 0.412 e. The number of anilines is 1. The molecule has 186 valence electrons. The number of nitrogens with zero attached hydrogens (tertiary/aromatic N) is 2. The van der Waals surface area contributed by atoms with Crippen molar-refractivity contribution in [3.63, 3.8) is 0 Å². The number of nitrogens with one attached hydrogen (secondary N) is 2. The number of pyridine rings is 1. The molecule has 1 heterocycles. The Morgan fingerprint density at radius 3 is 2.50 bits per heavy atom. The molecule has 8 nitrogen and oxygen atoms in total. The topological polar surface area (TPSA) is 130 Å². The third kappa shape index (κ3) is 6.33. The van der Waals surface area contributed by atoms with Crippen LogP contribution < -0.4 is 16.4 Å². The Labute approximate surface area is 207 Å². The zero-order valence-electron chi connectivity index (χ0n) is 20.0. The van der Waals surface area contributed by atoms with E-state index in [1.54, 1.807) is 39.0 Å². The number of urea groups is 1. The van der Waals surface area contributed by atoms with Crippen molar-refractivity contribution < 1.29 is 23.1 Å². The van der Waals surface area contributed by atoms with Crippen LogP contribution in [-0.2, 0) is 17.7 Å². The van der Waals surface area contributed by atoms with Crippen LogP contribution in [0.3, 0.4) is 0 Å². The fourth-order valence-electron chi connectivity index (χ4n) is 3.57. The van der Waals surface area contributed by atoms with Crippen LogP contribution in [-0.4, -0.2) is 22.7 Å². The highest BCUT2D eigenvalue weighted by molar-refractivity contribution is 5.86. The third-order valence-electron chi connectivity index (χ3n) is 5.08.